The molecule has 1 unspecified atom stereocenters. The number of carbonyl (C=O) groups excluding carboxylic acids is 1. The average molecular weight is 274 g/mol. The van der Waals surface area contributed by atoms with E-state index in [4.69, 9.17) is 0 Å². The molecule has 2 fully saturated rings. The number of rotatable bonds is 2. The van der Waals surface area contributed by atoms with Crippen molar-refractivity contribution in [3.05, 3.63) is 33.7 Å². The second-order valence-electron chi connectivity index (χ2n) is 6.39. The number of hydrogen-bond donors (Lipinski definition) is 1. The second-order valence-corrected chi connectivity index (χ2v) is 6.39. The Balaban J connectivity index is 1.93. The van der Waals surface area contributed by atoms with Crippen molar-refractivity contribution < 1.29 is 4.79 Å². The van der Waals surface area contributed by atoms with E-state index in [1.165, 1.54) is 6.42 Å². The Kier molecular flexibility index (Phi) is 3.19. The van der Waals surface area contributed by atoms with E-state index in [1.807, 2.05) is 11.8 Å². The third-order valence-corrected chi connectivity index (χ3v) is 4.84. The number of aryl methyl sites for hydroxylation is 1. The summed E-state index contributed by atoms with van der Waals surface area (Å²) in [6.07, 6.45) is 6.98. The highest BCUT2D eigenvalue weighted by Gasteiger charge is 2.52. The highest BCUT2D eigenvalue weighted by atomic mass is 16.2. The van der Waals surface area contributed by atoms with E-state index in [-0.39, 0.29) is 17.0 Å². The molecule has 1 aliphatic carbocycles. The number of amides is 1. The fourth-order valence-corrected chi connectivity index (χ4v) is 3.25. The van der Waals surface area contributed by atoms with Crippen LogP contribution in [-0.4, -0.2) is 27.9 Å². The lowest BCUT2D eigenvalue weighted by Crippen LogP contribution is -2.49. The fourth-order valence-electron chi connectivity index (χ4n) is 3.25. The summed E-state index contributed by atoms with van der Waals surface area (Å²) in [5.74, 6) is 0.448. The summed E-state index contributed by atoms with van der Waals surface area (Å²) in [5.41, 5.74) is 1.12. The number of likely N-dealkylation sites (tertiary alicyclic amines) is 1. The van der Waals surface area contributed by atoms with Crippen LogP contribution in [0.5, 0.6) is 0 Å². The van der Waals surface area contributed by atoms with Gasteiger partial charge in [0.05, 0.1) is 0 Å². The quantitative estimate of drug-likeness (QED) is 0.900. The first-order valence-electron chi connectivity index (χ1n) is 7.59. The van der Waals surface area contributed by atoms with Crippen molar-refractivity contribution in [2.75, 3.05) is 6.54 Å². The average Bonchev–Trinajstić information content (AvgIpc) is 3.22. The Morgan fingerprint density at radius 3 is 2.85 bits per heavy atom. The van der Waals surface area contributed by atoms with Crippen LogP contribution >= 0.6 is 0 Å². The molecule has 1 aromatic heterocycles. The highest BCUT2D eigenvalue weighted by molar-refractivity contribution is 5.95. The molecule has 2 aliphatic rings. The molecule has 0 radical (unpaired) electrons. The minimum atomic E-state index is -0.263. The van der Waals surface area contributed by atoms with Crippen LogP contribution in [0.3, 0.4) is 0 Å². The minimum Gasteiger partial charge on any atom is -0.333 e. The molecule has 1 saturated heterocycles. The molecule has 1 amide bonds. The monoisotopic (exact) mass is 274 g/mol. The summed E-state index contributed by atoms with van der Waals surface area (Å²) < 4.78 is 0. The molecule has 4 nitrogen and oxygen atoms in total. The molecule has 1 aromatic rings. The van der Waals surface area contributed by atoms with Crippen LogP contribution in [0.1, 0.15) is 55.5 Å². The SMILES string of the molecule is CCc1c[nH]c(=O)c(C(=O)N2CC(C)CCC23CC3)c1. The van der Waals surface area contributed by atoms with E-state index in [9.17, 15) is 9.59 Å². The van der Waals surface area contributed by atoms with Gasteiger partial charge in [-0.15, -0.1) is 0 Å². The topological polar surface area (TPSA) is 53.2 Å². The lowest BCUT2D eigenvalue weighted by molar-refractivity contribution is 0.0495. The van der Waals surface area contributed by atoms with Crippen molar-refractivity contribution in [3.63, 3.8) is 0 Å². The third kappa shape index (κ3) is 2.17. The van der Waals surface area contributed by atoms with Gasteiger partial charge in [0.2, 0.25) is 0 Å². The maximum atomic E-state index is 12.8. The van der Waals surface area contributed by atoms with Gasteiger partial charge in [0.15, 0.2) is 0 Å². The molecule has 108 valence electrons. The maximum Gasteiger partial charge on any atom is 0.260 e. The van der Waals surface area contributed by atoms with Gasteiger partial charge < -0.3 is 9.88 Å². The van der Waals surface area contributed by atoms with Crippen molar-refractivity contribution in [3.8, 4) is 0 Å². The van der Waals surface area contributed by atoms with E-state index < -0.39 is 0 Å². The Hall–Kier alpha value is -1.58. The zero-order chi connectivity index (χ0) is 14.3. The summed E-state index contributed by atoms with van der Waals surface area (Å²) in [6, 6.07) is 1.76. The smallest absolute Gasteiger partial charge is 0.260 e. The molecular formula is C16H22N2O2. The lowest BCUT2D eigenvalue weighted by Gasteiger charge is -2.39. The molecular weight excluding hydrogens is 252 g/mol. The number of pyridine rings is 1. The molecule has 1 saturated carbocycles. The summed E-state index contributed by atoms with van der Waals surface area (Å²) in [4.78, 5) is 29.4. The van der Waals surface area contributed by atoms with Crippen LogP contribution in [0.4, 0.5) is 0 Å². The standard InChI is InChI=1S/C16H22N2O2/c1-3-12-8-13(14(19)17-9-12)15(20)18-10-11(2)4-5-16(18)6-7-16/h8-9,11H,3-7,10H2,1-2H3,(H,17,19). The summed E-state index contributed by atoms with van der Waals surface area (Å²) >= 11 is 0. The first-order chi connectivity index (χ1) is 9.55. The maximum absolute atomic E-state index is 12.8. The Morgan fingerprint density at radius 1 is 1.45 bits per heavy atom. The number of aromatic nitrogens is 1. The van der Waals surface area contributed by atoms with Crippen molar-refractivity contribution in [1.82, 2.24) is 9.88 Å². The number of carbonyl (C=O) groups is 1. The van der Waals surface area contributed by atoms with Gasteiger partial charge in [-0.2, -0.15) is 0 Å². The molecule has 0 bridgehead atoms. The third-order valence-electron chi connectivity index (χ3n) is 4.84. The zero-order valence-electron chi connectivity index (χ0n) is 12.2. The second kappa shape index (κ2) is 4.76. The first kappa shape index (κ1) is 13.4. The Morgan fingerprint density at radius 2 is 2.20 bits per heavy atom. The number of nitrogens with one attached hydrogen (secondary N) is 1. The molecule has 3 rings (SSSR count). The lowest BCUT2D eigenvalue weighted by atomic mass is 9.91. The molecule has 1 N–H and O–H groups in total. The van der Waals surface area contributed by atoms with E-state index in [0.29, 0.717) is 11.5 Å². The molecule has 1 spiro atoms. The fraction of sp³-hybridized carbons (Fsp3) is 0.625. The van der Waals surface area contributed by atoms with Gasteiger partial charge in [-0.25, -0.2) is 0 Å². The predicted octanol–water partition coefficient (Wildman–Crippen LogP) is 2.34. The summed E-state index contributed by atoms with van der Waals surface area (Å²) in [5, 5.41) is 0. The number of H-pyrrole nitrogens is 1. The van der Waals surface area contributed by atoms with Gasteiger partial charge in [0.1, 0.15) is 5.56 Å². The molecule has 0 aromatic carbocycles. The van der Waals surface area contributed by atoms with E-state index in [1.54, 1.807) is 12.3 Å². The molecule has 4 heteroatoms. The van der Waals surface area contributed by atoms with E-state index in [0.717, 1.165) is 37.8 Å². The first-order valence-corrected chi connectivity index (χ1v) is 7.59. The summed E-state index contributed by atoms with van der Waals surface area (Å²) in [7, 11) is 0. The van der Waals surface area contributed by atoms with Crippen LogP contribution in [0.25, 0.3) is 0 Å². The van der Waals surface area contributed by atoms with Crippen LogP contribution in [0, 0.1) is 5.92 Å². The zero-order valence-corrected chi connectivity index (χ0v) is 12.2. The number of piperidine rings is 1. The predicted molar refractivity (Wildman–Crippen MR) is 77.8 cm³/mol. The Bertz CT molecular complexity index is 586. The van der Waals surface area contributed by atoms with Crippen LogP contribution in [0.2, 0.25) is 0 Å². The molecule has 2 heterocycles. The number of hydrogen-bond acceptors (Lipinski definition) is 2. The largest absolute Gasteiger partial charge is 0.333 e. The van der Waals surface area contributed by atoms with Crippen molar-refractivity contribution in [2.24, 2.45) is 5.92 Å². The van der Waals surface area contributed by atoms with Crippen LogP contribution in [-0.2, 0) is 6.42 Å². The van der Waals surface area contributed by atoms with Gasteiger partial charge in [-0.05, 0) is 49.7 Å². The number of nitrogens with zero attached hydrogens (tertiary/aromatic N) is 1. The molecule has 20 heavy (non-hydrogen) atoms. The van der Waals surface area contributed by atoms with Crippen molar-refractivity contribution >= 4 is 5.91 Å². The summed E-state index contributed by atoms with van der Waals surface area (Å²) in [6.45, 7) is 4.99. The Labute approximate surface area is 119 Å². The van der Waals surface area contributed by atoms with Gasteiger partial charge in [-0.3, -0.25) is 9.59 Å². The van der Waals surface area contributed by atoms with Crippen LogP contribution in [0.15, 0.2) is 17.1 Å². The van der Waals surface area contributed by atoms with Crippen LogP contribution < -0.4 is 5.56 Å². The van der Waals surface area contributed by atoms with Crippen molar-refractivity contribution in [1.29, 1.82) is 0 Å². The van der Waals surface area contributed by atoms with Gasteiger partial charge in [-0.1, -0.05) is 13.8 Å². The van der Waals surface area contributed by atoms with Gasteiger partial charge in [0, 0.05) is 18.3 Å². The van der Waals surface area contributed by atoms with E-state index >= 15 is 0 Å². The highest BCUT2D eigenvalue weighted by Crippen LogP contribution is 2.49. The van der Waals surface area contributed by atoms with Gasteiger partial charge >= 0.3 is 0 Å². The van der Waals surface area contributed by atoms with E-state index in [2.05, 4.69) is 11.9 Å². The number of aromatic amines is 1. The molecule has 1 aliphatic heterocycles. The minimum absolute atomic E-state index is 0.0677. The van der Waals surface area contributed by atoms with Gasteiger partial charge in [0.25, 0.3) is 11.5 Å². The molecule has 1 atom stereocenters. The normalized spacial score (nSPS) is 23.9. The van der Waals surface area contributed by atoms with Crippen molar-refractivity contribution in [2.45, 2.75) is 51.5 Å².